The van der Waals surface area contributed by atoms with Crippen molar-refractivity contribution >= 4 is 17.3 Å². The van der Waals surface area contributed by atoms with Gasteiger partial charge in [0.25, 0.3) is 5.91 Å². The molecule has 0 aliphatic heterocycles. The molecule has 0 saturated heterocycles. The first kappa shape index (κ1) is 12.9. The lowest BCUT2D eigenvalue weighted by Crippen LogP contribution is -2.14. The molecule has 0 unspecified atom stereocenters. The van der Waals surface area contributed by atoms with Gasteiger partial charge in [-0.05, 0) is 36.8 Å². The number of amides is 1. The zero-order chi connectivity index (χ0) is 13.8. The maximum absolute atomic E-state index is 12.2. The number of methoxy groups -OCH3 is 1. The average molecular weight is 257 g/mol. The van der Waals surface area contributed by atoms with Gasteiger partial charge in [0.15, 0.2) is 0 Å². The van der Waals surface area contributed by atoms with E-state index in [9.17, 15) is 4.79 Å². The predicted molar refractivity (Wildman–Crippen MR) is 74.3 cm³/mol. The van der Waals surface area contributed by atoms with Crippen molar-refractivity contribution in [3.05, 3.63) is 47.7 Å². The second-order valence-electron chi connectivity index (χ2n) is 4.03. The summed E-state index contributed by atoms with van der Waals surface area (Å²) in [5.41, 5.74) is 8.33. The fourth-order valence-electron chi connectivity index (χ4n) is 1.70. The summed E-state index contributed by atoms with van der Waals surface area (Å²) in [6.07, 6.45) is 1.57. The Labute approximate surface area is 111 Å². The molecule has 2 aromatic rings. The molecule has 0 radical (unpaired) electrons. The molecule has 1 aromatic heterocycles. The molecule has 3 N–H and O–H groups in total. The summed E-state index contributed by atoms with van der Waals surface area (Å²) in [6, 6.07) is 8.72. The van der Waals surface area contributed by atoms with Gasteiger partial charge in [-0.1, -0.05) is 6.07 Å². The molecule has 1 heterocycles. The van der Waals surface area contributed by atoms with Crippen LogP contribution in [-0.4, -0.2) is 18.0 Å². The van der Waals surface area contributed by atoms with Gasteiger partial charge >= 0.3 is 0 Å². The number of nitrogens with zero attached hydrogens (tertiary/aromatic N) is 1. The quantitative estimate of drug-likeness (QED) is 0.827. The number of rotatable bonds is 3. The van der Waals surface area contributed by atoms with Gasteiger partial charge in [0, 0.05) is 17.6 Å². The highest BCUT2D eigenvalue weighted by molar-refractivity contribution is 6.06. The topological polar surface area (TPSA) is 77.2 Å². The SMILES string of the molecule is COc1ncccc1C(=O)Nc1cccc(N)c1C. The summed E-state index contributed by atoms with van der Waals surface area (Å²) >= 11 is 0. The fraction of sp³-hybridized carbons (Fsp3) is 0.143. The Morgan fingerprint density at radius 1 is 1.32 bits per heavy atom. The molecule has 0 aliphatic rings. The number of ether oxygens (including phenoxy) is 1. The van der Waals surface area contributed by atoms with Gasteiger partial charge in [-0.25, -0.2) is 4.98 Å². The number of pyridine rings is 1. The normalized spacial score (nSPS) is 10.0. The van der Waals surface area contributed by atoms with Crippen LogP contribution in [0.15, 0.2) is 36.5 Å². The molecule has 0 bridgehead atoms. The molecule has 19 heavy (non-hydrogen) atoms. The molecular weight excluding hydrogens is 242 g/mol. The molecule has 5 nitrogen and oxygen atoms in total. The van der Waals surface area contributed by atoms with E-state index in [0.717, 1.165) is 5.56 Å². The number of benzene rings is 1. The number of aromatic nitrogens is 1. The fourth-order valence-corrected chi connectivity index (χ4v) is 1.70. The van der Waals surface area contributed by atoms with Crippen molar-refractivity contribution in [3.63, 3.8) is 0 Å². The van der Waals surface area contributed by atoms with E-state index in [1.165, 1.54) is 7.11 Å². The van der Waals surface area contributed by atoms with Gasteiger partial charge in [-0.3, -0.25) is 4.79 Å². The van der Waals surface area contributed by atoms with Crippen LogP contribution in [0.3, 0.4) is 0 Å². The first-order chi connectivity index (χ1) is 9.13. The monoisotopic (exact) mass is 257 g/mol. The van der Waals surface area contributed by atoms with Gasteiger partial charge < -0.3 is 15.8 Å². The summed E-state index contributed by atoms with van der Waals surface area (Å²) < 4.78 is 5.06. The molecule has 0 spiro atoms. The Kier molecular flexibility index (Phi) is 3.66. The summed E-state index contributed by atoms with van der Waals surface area (Å²) in [7, 11) is 1.48. The van der Waals surface area contributed by atoms with Crippen molar-refractivity contribution in [2.45, 2.75) is 6.92 Å². The van der Waals surface area contributed by atoms with Crippen LogP contribution in [0.25, 0.3) is 0 Å². The number of nitrogens with two attached hydrogens (primary N) is 1. The first-order valence-electron chi connectivity index (χ1n) is 5.79. The highest BCUT2D eigenvalue weighted by Gasteiger charge is 2.14. The number of hydrogen-bond acceptors (Lipinski definition) is 4. The largest absolute Gasteiger partial charge is 0.480 e. The van der Waals surface area contributed by atoms with Crippen LogP contribution < -0.4 is 15.8 Å². The van der Waals surface area contributed by atoms with Crippen molar-refractivity contribution in [2.24, 2.45) is 0 Å². The minimum Gasteiger partial charge on any atom is -0.480 e. The minimum atomic E-state index is -0.279. The molecule has 1 aromatic carbocycles. The van der Waals surface area contributed by atoms with Crippen LogP contribution >= 0.6 is 0 Å². The van der Waals surface area contributed by atoms with Crippen molar-refractivity contribution < 1.29 is 9.53 Å². The average Bonchev–Trinajstić information content (AvgIpc) is 2.43. The van der Waals surface area contributed by atoms with Crippen molar-refractivity contribution in [2.75, 3.05) is 18.2 Å². The third-order valence-electron chi connectivity index (χ3n) is 2.83. The second kappa shape index (κ2) is 5.39. The molecule has 0 atom stereocenters. The molecular formula is C14H15N3O2. The van der Waals surface area contributed by atoms with E-state index in [-0.39, 0.29) is 5.91 Å². The Morgan fingerprint density at radius 2 is 2.11 bits per heavy atom. The standard InChI is InChI=1S/C14H15N3O2/c1-9-11(15)6-3-7-12(9)17-13(18)10-5-4-8-16-14(10)19-2/h3-8H,15H2,1-2H3,(H,17,18). The van der Waals surface area contributed by atoms with Crippen molar-refractivity contribution in [1.82, 2.24) is 4.98 Å². The lowest BCUT2D eigenvalue weighted by molar-refractivity contribution is 0.102. The third kappa shape index (κ3) is 2.65. The van der Waals surface area contributed by atoms with Crippen LogP contribution in [0, 0.1) is 6.92 Å². The van der Waals surface area contributed by atoms with Gasteiger partial charge in [0.2, 0.25) is 5.88 Å². The minimum absolute atomic E-state index is 0.279. The molecule has 0 aliphatic carbocycles. The maximum Gasteiger partial charge on any atom is 0.261 e. The Balaban J connectivity index is 2.28. The third-order valence-corrected chi connectivity index (χ3v) is 2.83. The summed E-state index contributed by atoms with van der Waals surface area (Å²) in [5, 5.41) is 2.80. The van der Waals surface area contributed by atoms with Gasteiger partial charge in [0.1, 0.15) is 5.56 Å². The lowest BCUT2D eigenvalue weighted by Gasteiger charge is -2.11. The number of hydrogen-bond donors (Lipinski definition) is 2. The van der Waals surface area contributed by atoms with Crippen molar-refractivity contribution in [1.29, 1.82) is 0 Å². The number of carbonyl (C=O) groups excluding carboxylic acids is 1. The number of anilines is 2. The summed E-state index contributed by atoms with van der Waals surface area (Å²) in [5.74, 6) is 0.0141. The predicted octanol–water partition coefficient (Wildman–Crippen LogP) is 2.23. The van der Waals surface area contributed by atoms with E-state index in [4.69, 9.17) is 10.5 Å². The molecule has 5 heteroatoms. The van der Waals surface area contributed by atoms with E-state index in [1.807, 2.05) is 6.92 Å². The number of nitrogen functional groups attached to an aromatic ring is 1. The Morgan fingerprint density at radius 3 is 2.84 bits per heavy atom. The Bertz CT molecular complexity index is 611. The number of nitrogens with one attached hydrogen (secondary N) is 1. The van der Waals surface area contributed by atoms with Crippen LogP contribution in [-0.2, 0) is 0 Å². The molecule has 2 rings (SSSR count). The van der Waals surface area contributed by atoms with Crippen molar-refractivity contribution in [3.8, 4) is 5.88 Å². The lowest BCUT2D eigenvalue weighted by atomic mass is 10.1. The van der Waals surface area contributed by atoms with E-state index >= 15 is 0 Å². The second-order valence-corrected chi connectivity index (χ2v) is 4.03. The van der Waals surface area contributed by atoms with Gasteiger partial charge in [-0.15, -0.1) is 0 Å². The molecule has 98 valence electrons. The van der Waals surface area contributed by atoms with Crippen LogP contribution in [0.5, 0.6) is 5.88 Å². The highest BCUT2D eigenvalue weighted by Crippen LogP contribution is 2.22. The zero-order valence-electron chi connectivity index (χ0n) is 10.8. The van der Waals surface area contributed by atoms with E-state index in [2.05, 4.69) is 10.3 Å². The van der Waals surface area contributed by atoms with Gasteiger partial charge in [0.05, 0.1) is 7.11 Å². The Hall–Kier alpha value is -2.56. The zero-order valence-corrected chi connectivity index (χ0v) is 10.8. The number of carbonyl (C=O) groups is 1. The summed E-state index contributed by atoms with van der Waals surface area (Å²) in [6.45, 7) is 1.85. The molecule has 0 saturated carbocycles. The van der Waals surface area contributed by atoms with Crippen LogP contribution in [0.2, 0.25) is 0 Å². The van der Waals surface area contributed by atoms with E-state index in [1.54, 1.807) is 36.5 Å². The maximum atomic E-state index is 12.2. The molecule has 1 amide bonds. The van der Waals surface area contributed by atoms with E-state index < -0.39 is 0 Å². The van der Waals surface area contributed by atoms with E-state index in [0.29, 0.717) is 22.8 Å². The highest BCUT2D eigenvalue weighted by atomic mass is 16.5. The van der Waals surface area contributed by atoms with Crippen LogP contribution in [0.4, 0.5) is 11.4 Å². The first-order valence-corrected chi connectivity index (χ1v) is 5.79. The smallest absolute Gasteiger partial charge is 0.261 e. The van der Waals surface area contributed by atoms with Gasteiger partial charge in [-0.2, -0.15) is 0 Å². The molecule has 0 fully saturated rings. The van der Waals surface area contributed by atoms with Crippen LogP contribution in [0.1, 0.15) is 15.9 Å². The summed E-state index contributed by atoms with van der Waals surface area (Å²) in [4.78, 5) is 16.2.